The van der Waals surface area contributed by atoms with Crippen molar-refractivity contribution in [2.75, 3.05) is 11.4 Å². The summed E-state index contributed by atoms with van der Waals surface area (Å²) < 4.78 is 37.7. The number of anilines is 1. The number of halogens is 4. The lowest BCUT2D eigenvalue weighted by atomic mass is 10.2. The van der Waals surface area contributed by atoms with Gasteiger partial charge in [0.15, 0.2) is 5.82 Å². The van der Waals surface area contributed by atoms with E-state index in [-0.39, 0.29) is 6.04 Å². The van der Waals surface area contributed by atoms with E-state index in [0.717, 1.165) is 10.9 Å². The first-order valence-corrected chi connectivity index (χ1v) is 10.1. The number of carbonyl (C=O) groups excluding carboxylic acids is 1. The molecule has 164 valence electrons. The summed E-state index contributed by atoms with van der Waals surface area (Å²) in [5.74, 6) is 0.264. The normalized spacial score (nSPS) is 19.2. The third kappa shape index (κ3) is 4.30. The van der Waals surface area contributed by atoms with Gasteiger partial charge in [-0.2, -0.15) is 13.2 Å². The van der Waals surface area contributed by atoms with Gasteiger partial charge in [0.25, 0.3) is 0 Å². The molecule has 2 N–H and O–H groups in total. The number of aromatic nitrogens is 4. The third-order valence-electron chi connectivity index (χ3n) is 5.36. The number of nitrogens with zero attached hydrogens (tertiary/aromatic N) is 4. The van der Waals surface area contributed by atoms with Crippen LogP contribution in [-0.4, -0.2) is 50.6 Å². The van der Waals surface area contributed by atoms with Crippen LogP contribution in [0.25, 0.3) is 22.4 Å². The van der Waals surface area contributed by atoms with Crippen LogP contribution in [0.2, 0.25) is 5.02 Å². The van der Waals surface area contributed by atoms with Crippen LogP contribution in [0.1, 0.15) is 25.3 Å². The van der Waals surface area contributed by atoms with Gasteiger partial charge in [0.2, 0.25) is 5.91 Å². The molecule has 7 nitrogen and oxygen atoms in total. The molecular weight excluding hydrogens is 433 g/mol. The number of alkyl halides is 3. The Morgan fingerprint density at radius 1 is 1.32 bits per heavy atom. The van der Waals surface area contributed by atoms with Crippen molar-refractivity contribution in [1.29, 1.82) is 0 Å². The number of hydrogen-bond acceptors (Lipinski definition) is 5. The fraction of sp³-hybridized carbons (Fsp3) is 0.400. The zero-order valence-electron chi connectivity index (χ0n) is 16.8. The van der Waals surface area contributed by atoms with E-state index >= 15 is 0 Å². The van der Waals surface area contributed by atoms with Crippen molar-refractivity contribution < 1.29 is 18.0 Å². The number of nitrogens with one attached hydrogen (secondary N) is 2. The molecule has 1 amide bonds. The summed E-state index contributed by atoms with van der Waals surface area (Å²) in [6, 6.07) is 0.949. The van der Waals surface area contributed by atoms with Gasteiger partial charge in [-0.15, -0.1) is 0 Å². The average Bonchev–Trinajstić information content (AvgIpc) is 3.29. The fourth-order valence-corrected chi connectivity index (χ4v) is 4.05. The van der Waals surface area contributed by atoms with Crippen molar-refractivity contribution in [3.63, 3.8) is 0 Å². The van der Waals surface area contributed by atoms with E-state index < -0.39 is 24.7 Å². The second-order valence-electron chi connectivity index (χ2n) is 7.63. The summed E-state index contributed by atoms with van der Waals surface area (Å²) in [5, 5.41) is 3.21. The smallest absolute Gasteiger partial charge is 0.345 e. The molecule has 3 aromatic heterocycles. The number of carbonyl (C=O) groups is 1. The Kier molecular flexibility index (Phi) is 5.50. The predicted molar refractivity (Wildman–Crippen MR) is 111 cm³/mol. The highest BCUT2D eigenvalue weighted by molar-refractivity contribution is 6.31. The molecule has 0 unspecified atom stereocenters. The molecule has 1 fully saturated rings. The lowest BCUT2D eigenvalue weighted by Crippen LogP contribution is -2.48. The summed E-state index contributed by atoms with van der Waals surface area (Å²) in [5.41, 5.74) is 2.04. The molecule has 0 aliphatic carbocycles. The molecule has 1 saturated heterocycles. The Balaban J connectivity index is 1.69. The standard InChI is InChI=1S/C20H20ClF3N6O/c1-10-6-25-17(14-8-27-16-13(14)5-12(21)7-26-16)29-18(10)30-11(2)3-4-15(30)19(31)28-9-20(22,23)24/h5-8,11,15H,3-4,9H2,1-2H3,(H,26,27)(H,28,31)/t11-,15+/m0/s1. The monoisotopic (exact) mass is 452 g/mol. The Morgan fingerprint density at radius 3 is 2.84 bits per heavy atom. The number of aromatic amines is 1. The van der Waals surface area contributed by atoms with E-state index in [1.807, 2.05) is 19.2 Å². The fourth-order valence-electron chi connectivity index (χ4n) is 3.89. The van der Waals surface area contributed by atoms with E-state index in [1.54, 1.807) is 23.4 Å². The van der Waals surface area contributed by atoms with Gasteiger partial charge in [0, 0.05) is 41.1 Å². The number of pyridine rings is 1. The van der Waals surface area contributed by atoms with Gasteiger partial charge in [-0.1, -0.05) is 11.6 Å². The van der Waals surface area contributed by atoms with Crippen molar-refractivity contribution in [3.05, 3.63) is 35.2 Å². The zero-order valence-corrected chi connectivity index (χ0v) is 17.6. The van der Waals surface area contributed by atoms with Crippen LogP contribution in [0, 0.1) is 6.92 Å². The van der Waals surface area contributed by atoms with E-state index in [9.17, 15) is 18.0 Å². The summed E-state index contributed by atoms with van der Waals surface area (Å²) in [6.07, 6.45) is 1.54. The first-order chi connectivity index (χ1) is 14.6. The SMILES string of the molecule is Cc1cnc(-c2c[nH]c3ncc(Cl)cc23)nc1N1[C@@H](C(=O)NCC(F)(F)F)CC[C@@H]1C. The lowest BCUT2D eigenvalue weighted by Gasteiger charge is -2.30. The molecule has 31 heavy (non-hydrogen) atoms. The molecule has 1 aliphatic rings. The second kappa shape index (κ2) is 7.99. The molecule has 1 aliphatic heterocycles. The summed E-state index contributed by atoms with van der Waals surface area (Å²) in [7, 11) is 0. The van der Waals surface area contributed by atoms with E-state index in [0.29, 0.717) is 40.7 Å². The van der Waals surface area contributed by atoms with Crippen molar-refractivity contribution >= 4 is 34.4 Å². The predicted octanol–water partition coefficient (Wildman–Crippen LogP) is 4.02. The molecule has 0 saturated carbocycles. The molecule has 3 aromatic rings. The van der Waals surface area contributed by atoms with Crippen LogP contribution in [0.4, 0.5) is 19.0 Å². The zero-order chi connectivity index (χ0) is 22.3. The highest BCUT2D eigenvalue weighted by atomic mass is 35.5. The van der Waals surface area contributed by atoms with Crippen LogP contribution >= 0.6 is 11.6 Å². The van der Waals surface area contributed by atoms with Gasteiger partial charge >= 0.3 is 6.18 Å². The lowest BCUT2D eigenvalue weighted by molar-refractivity contribution is -0.139. The van der Waals surface area contributed by atoms with Gasteiger partial charge in [-0.05, 0) is 32.8 Å². The number of rotatable bonds is 4. The maximum Gasteiger partial charge on any atom is 0.405 e. The maximum absolute atomic E-state index is 12.6. The Bertz CT molecular complexity index is 1130. The topological polar surface area (TPSA) is 86.8 Å². The van der Waals surface area contributed by atoms with Gasteiger partial charge < -0.3 is 15.2 Å². The number of amides is 1. The van der Waals surface area contributed by atoms with Crippen LogP contribution in [0.3, 0.4) is 0 Å². The minimum atomic E-state index is -4.46. The molecule has 0 bridgehead atoms. The summed E-state index contributed by atoms with van der Waals surface area (Å²) >= 11 is 6.08. The van der Waals surface area contributed by atoms with E-state index in [4.69, 9.17) is 16.6 Å². The Morgan fingerprint density at radius 2 is 2.10 bits per heavy atom. The molecular formula is C20H20ClF3N6O. The van der Waals surface area contributed by atoms with Crippen molar-refractivity contribution in [2.24, 2.45) is 0 Å². The highest BCUT2D eigenvalue weighted by Crippen LogP contribution is 2.34. The minimum absolute atomic E-state index is 0.0674. The van der Waals surface area contributed by atoms with Crippen LogP contribution in [-0.2, 0) is 4.79 Å². The van der Waals surface area contributed by atoms with Crippen molar-refractivity contribution in [1.82, 2.24) is 25.3 Å². The third-order valence-corrected chi connectivity index (χ3v) is 5.57. The van der Waals surface area contributed by atoms with Gasteiger partial charge in [0.1, 0.15) is 24.1 Å². The first-order valence-electron chi connectivity index (χ1n) is 9.73. The largest absolute Gasteiger partial charge is 0.405 e. The van der Waals surface area contributed by atoms with Crippen LogP contribution < -0.4 is 10.2 Å². The highest BCUT2D eigenvalue weighted by Gasteiger charge is 2.39. The molecule has 4 rings (SSSR count). The number of hydrogen-bond donors (Lipinski definition) is 2. The number of aryl methyl sites for hydroxylation is 1. The first kappa shape index (κ1) is 21.4. The molecule has 0 radical (unpaired) electrons. The van der Waals surface area contributed by atoms with Gasteiger partial charge in [-0.25, -0.2) is 15.0 Å². The van der Waals surface area contributed by atoms with Gasteiger partial charge in [0.05, 0.1) is 5.02 Å². The van der Waals surface area contributed by atoms with E-state index in [2.05, 4.69) is 15.0 Å². The molecule has 0 aromatic carbocycles. The molecule has 0 spiro atoms. The van der Waals surface area contributed by atoms with Crippen molar-refractivity contribution in [3.8, 4) is 11.4 Å². The molecule has 4 heterocycles. The van der Waals surface area contributed by atoms with Gasteiger partial charge in [-0.3, -0.25) is 4.79 Å². The van der Waals surface area contributed by atoms with E-state index in [1.165, 1.54) is 6.20 Å². The summed E-state index contributed by atoms with van der Waals surface area (Å²) in [6.45, 7) is 2.37. The Hall–Kier alpha value is -2.88. The maximum atomic E-state index is 12.6. The van der Waals surface area contributed by atoms with Crippen LogP contribution in [0.15, 0.2) is 24.7 Å². The second-order valence-corrected chi connectivity index (χ2v) is 8.07. The average molecular weight is 453 g/mol. The number of fused-ring (bicyclic) bond motifs is 1. The Labute approximate surface area is 181 Å². The molecule has 2 atom stereocenters. The summed E-state index contributed by atoms with van der Waals surface area (Å²) in [4.78, 5) is 30.7. The van der Waals surface area contributed by atoms with Crippen molar-refractivity contribution in [2.45, 2.75) is 44.9 Å². The quantitative estimate of drug-likeness (QED) is 0.624. The number of H-pyrrole nitrogens is 1. The van der Waals surface area contributed by atoms with Crippen LogP contribution in [0.5, 0.6) is 0 Å². The minimum Gasteiger partial charge on any atom is -0.345 e. The molecule has 11 heteroatoms.